The Labute approximate surface area is 261 Å². The molecule has 4 heterocycles. The summed E-state index contributed by atoms with van der Waals surface area (Å²) >= 11 is 6.63. The van der Waals surface area contributed by atoms with Crippen molar-refractivity contribution < 1.29 is 9.13 Å². The lowest BCUT2D eigenvalue weighted by Gasteiger charge is -2.33. The van der Waals surface area contributed by atoms with Crippen molar-refractivity contribution in [3.05, 3.63) is 89.3 Å². The highest BCUT2D eigenvalue weighted by Crippen LogP contribution is 2.41. The second-order valence-electron chi connectivity index (χ2n) is 12.7. The van der Waals surface area contributed by atoms with Gasteiger partial charge in [-0.15, -0.1) is 0 Å². The minimum atomic E-state index is -0.477. The van der Waals surface area contributed by atoms with E-state index in [2.05, 4.69) is 39.0 Å². The smallest absolute Gasteiger partial charge is 0.319 e. The fraction of sp³-hybridized carbons (Fsp3) is 0.361. The molecule has 0 N–H and O–H groups in total. The number of halogens is 2. The van der Waals surface area contributed by atoms with Gasteiger partial charge in [-0.3, -0.25) is 9.88 Å². The van der Waals surface area contributed by atoms with E-state index in [9.17, 15) is 0 Å². The number of pyridine rings is 1. The zero-order valence-electron chi connectivity index (χ0n) is 24.6. The summed E-state index contributed by atoms with van der Waals surface area (Å²) < 4.78 is 23.0. The minimum absolute atomic E-state index is 0.226. The Balaban J connectivity index is 1.17. The summed E-state index contributed by atoms with van der Waals surface area (Å²) in [5.74, 6) is 1.53. The van der Waals surface area contributed by atoms with Crippen molar-refractivity contribution in [1.82, 2.24) is 19.9 Å². The van der Waals surface area contributed by atoms with Gasteiger partial charge in [0, 0.05) is 47.8 Å². The van der Waals surface area contributed by atoms with Crippen LogP contribution in [-0.4, -0.2) is 52.1 Å². The third-order valence-corrected chi connectivity index (χ3v) is 10.1. The predicted molar refractivity (Wildman–Crippen MR) is 174 cm³/mol. The molecular formula is C36H35ClFN5O. The Morgan fingerprint density at radius 1 is 0.909 bits per heavy atom. The van der Waals surface area contributed by atoms with Gasteiger partial charge in [-0.25, -0.2) is 4.39 Å². The van der Waals surface area contributed by atoms with Crippen LogP contribution in [0.3, 0.4) is 0 Å². The van der Waals surface area contributed by atoms with Gasteiger partial charge in [-0.05, 0) is 67.5 Å². The van der Waals surface area contributed by atoms with Crippen LogP contribution in [0.2, 0.25) is 5.02 Å². The maximum atomic E-state index is 16.7. The SMILES string of the molecule is Fc1c(-c2cccc3cccc(Cl)c23)ncc2c(N3CC4CCC(C4)C3)nc(OC[C@@H]3CCCN3Cc3ccccc3)nc12. The van der Waals surface area contributed by atoms with E-state index in [-0.39, 0.29) is 23.3 Å². The maximum absolute atomic E-state index is 16.7. The standard InChI is InChI=1S/C36H35ClFN5O/c37-30-13-5-10-26-9-4-12-28(31(26)30)33-32(38)34-29(18-39-33)35(43-20-24-14-15-25(17-24)21-43)41-36(40-34)44-22-27-11-6-16-42(27)19-23-7-2-1-3-8-23/h1-5,7-10,12-13,18,24-25,27H,6,11,14-17,19-22H2/t24?,25?,27-/m0/s1. The lowest BCUT2D eigenvalue weighted by Crippen LogP contribution is -2.37. The minimum Gasteiger partial charge on any atom is -0.462 e. The summed E-state index contributed by atoms with van der Waals surface area (Å²) in [5, 5.41) is 2.90. The molecule has 3 aromatic carbocycles. The fourth-order valence-corrected chi connectivity index (χ4v) is 7.95. The normalized spacial score (nSPS) is 21.9. The fourth-order valence-electron chi connectivity index (χ4n) is 7.67. The van der Waals surface area contributed by atoms with Crippen molar-refractivity contribution in [2.24, 2.45) is 11.8 Å². The summed E-state index contributed by atoms with van der Waals surface area (Å²) in [6.07, 6.45) is 7.65. The molecule has 3 aliphatic rings. The van der Waals surface area contributed by atoms with Crippen molar-refractivity contribution in [3.8, 4) is 17.3 Å². The van der Waals surface area contributed by atoms with Crippen LogP contribution in [-0.2, 0) is 6.54 Å². The van der Waals surface area contributed by atoms with Gasteiger partial charge in [0.25, 0.3) is 0 Å². The highest BCUT2D eigenvalue weighted by molar-refractivity contribution is 6.36. The molecule has 3 fully saturated rings. The Morgan fingerprint density at radius 2 is 1.70 bits per heavy atom. The predicted octanol–water partition coefficient (Wildman–Crippen LogP) is 7.92. The van der Waals surface area contributed by atoms with Gasteiger partial charge in [0.05, 0.1) is 5.39 Å². The molecule has 0 spiro atoms. The molecule has 2 aromatic heterocycles. The van der Waals surface area contributed by atoms with E-state index in [1.54, 1.807) is 6.20 Å². The number of ether oxygens (including phenoxy) is 1. The van der Waals surface area contributed by atoms with Crippen LogP contribution in [0, 0.1) is 17.7 Å². The zero-order valence-corrected chi connectivity index (χ0v) is 25.4. The average molecular weight is 608 g/mol. The molecule has 0 radical (unpaired) electrons. The summed E-state index contributed by atoms with van der Waals surface area (Å²) in [4.78, 5) is 19.1. The number of hydrogen-bond acceptors (Lipinski definition) is 6. The molecule has 1 aliphatic carbocycles. The monoisotopic (exact) mass is 607 g/mol. The van der Waals surface area contributed by atoms with Crippen LogP contribution in [0.4, 0.5) is 10.2 Å². The quantitative estimate of drug-likeness (QED) is 0.187. The molecule has 1 saturated carbocycles. The number of anilines is 1. The van der Waals surface area contributed by atoms with Crippen LogP contribution in [0.15, 0.2) is 72.9 Å². The molecule has 8 rings (SSSR count). The number of hydrogen-bond donors (Lipinski definition) is 0. The summed E-state index contributed by atoms with van der Waals surface area (Å²) in [5.41, 5.74) is 2.41. The van der Waals surface area contributed by atoms with Crippen molar-refractivity contribution in [2.75, 3.05) is 31.1 Å². The maximum Gasteiger partial charge on any atom is 0.319 e. The summed E-state index contributed by atoms with van der Waals surface area (Å²) in [7, 11) is 0. The van der Waals surface area contributed by atoms with Gasteiger partial charge in [0.1, 0.15) is 23.6 Å². The van der Waals surface area contributed by atoms with Crippen LogP contribution in [0.25, 0.3) is 32.9 Å². The molecule has 8 heteroatoms. The third kappa shape index (κ3) is 5.16. The van der Waals surface area contributed by atoms with Gasteiger partial charge in [-0.2, -0.15) is 9.97 Å². The van der Waals surface area contributed by atoms with Crippen LogP contribution in [0.1, 0.15) is 37.7 Å². The second kappa shape index (κ2) is 11.6. The molecule has 2 aliphatic heterocycles. The number of fused-ring (bicyclic) bond motifs is 4. The first kappa shape index (κ1) is 27.7. The number of rotatable bonds is 7. The number of piperidine rings is 1. The summed E-state index contributed by atoms with van der Waals surface area (Å²) in [6.45, 7) is 4.20. The molecule has 3 atom stereocenters. The van der Waals surface area contributed by atoms with Gasteiger partial charge in [-0.1, -0.05) is 72.3 Å². The first-order valence-electron chi connectivity index (χ1n) is 15.8. The number of aromatic nitrogens is 3. The molecule has 0 amide bonds. The van der Waals surface area contributed by atoms with Crippen LogP contribution in [0.5, 0.6) is 6.01 Å². The van der Waals surface area contributed by atoms with Gasteiger partial charge in [0.2, 0.25) is 0 Å². The van der Waals surface area contributed by atoms with Gasteiger partial charge in [0.15, 0.2) is 5.82 Å². The van der Waals surface area contributed by atoms with E-state index < -0.39 is 5.82 Å². The van der Waals surface area contributed by atoms with Crippen molar-refractivity contribution >= 4 is 39.1 Å². The molecule has 6 nitrogen and oxygen atoms in total. The lowest BCUT2D eigenvalue weighted by atomic mass is 9.98. The number of nitrogens with zero attached hydrogens (tertiary/aromatic N) is 5. The van der Waals surface area contributed by atoms with Gasteiger partial charge < -0.3 is 9.64 Å². The molecule has 224 valence electrons. The number of benzene rings is 3. The highest BCUT2D eigenvalue weighted by Gasteiger charge is 2.35. The first-order valence-corrected chi connectivity index (χ1v) is 16.2. The van der Waals surface area contributed by atoms with E-state index in [1.807, 2.05) is 42.5 Å². The van der Waals surface area contributed by atoms with Crippen molar-refractivity contribution in [3.63, 3.8) is 0 Å². The molecule has 5 aromatic rings. The second-order valence-corrected chi connectivity index (χ2v) is 13.1. The number of likely N-dealkylation sites (tertiary alicyclic amines) is 1. The first-order chi connectivity index (χ1) is 21.6. The Kier molecular flexibility index (Phi) is 7.31. The van der Waals surface area contributed by atoms with E-state index >= 15 is 4.39 Å². The van der Waals surface area contributed by atoms with Crippen molar-refractivity contribution in [1.29, 1.82) is 0 Å². The Morgan fingerprint density at radius 3 is 2.52 bits per heavy atom. The van der Waals surface area contributed by atoms with Crippen LogP contribution < -0.4 is 9.64 Å². The molecule has 2 bridgehead atoms. The van der Waals surface area contributed by atoms with Gasteiger partial charge >= 0.3 is 6.01 Å². The van der Waals surface area contributed by atoms with E-state index in [0.29, 0.717) is 34.4 Å². The zero-order chi connectivity index (χ0) is 29.6. The molecule has 2 unspecified atom stereocenters. The Bertz CT molecular complexity index is 1820. The van der Waals surface area contributed by atoms with E-state index in [4.69, 9.17) is 26.3 Å². The van der Waals surface area contributed by atoms with E-state index in [0.717, 1.165) is 55.6 Å². The third-order valence-electron chi connectivity index (χ3n) is 9.79. The Hall–Kier alpha value is -3.81. The summed E-state index contributed by atoms with van der Waals surface area (Å²) in [6, 6.07) is 22.5. The lowest BCUT2D eigenvalue weighted by molar-refractivity contribution is 0.160. The molecule has 44 heavy (non-hydrogen) atoms. The average Bonchev–Trinajstić information content (AvgIpc) is 3.64. The molecular weight excluding hydrogens is 573 g/mol. The van der Waals surface area contributed by atoms with Crippen LogP contribution >= 0.6 is 11.6 Å². The van der Waals surface area contributed by atoms with E-state index in [1.165, 1.54) is 24.8 Å². The van der Waals surface area contributed by atoms with Crippen molar-refractivity contribution in [2.45, 2.75) is 44.7 Å². The topological polar surface area (TPSA) is 54.4 Å². The largest absolute Gasteiger partial charge is 0.462 e. The molecule has 2 saturated heterocycles. The highest BCUT2D eigenvalue weighted by atomic mass is 35.5.